The highest BCUT2D eigenvalue weighted by molar-refractivity contribution is 5.27. The first-order valence-electron chi connectivity index (χ1n) is 7.47. The predicted molar refractivity (Wildman–Crippen MR) is 73.7 cm³/mol. The van der Waals surface area contributed by atoms with E-state index in [1.54, 1.807) is 6.07 Å². The van der Waals surface area contributed by atoms with Gasteiger partial charge in [-0.25, -0.2) is 0 Å². The van der Waals surface area contributed by atoms with Crippen molar-refractivity contribution < 1.29 is 0 Å². The van der Waals surface area contributed by atoms with Gasteiger partial charge in [-0.15, -0.1) is 0 Å². The van der Waals surface area contributed by atoms with Gasteiger partial charge in [-0.05, 0) is 62.7 Å². The van der Waals surface area contributed by atoms with Gasteiger partial charge in [-0.2, -0.15) is 5.10 Å². The Bertz CT molecular complexity index is 549. The largest absolute Gasteiger partial charge is 0.379 e. The summed E-state index contributed by atoms with van der Waals surface area (Å²) in [7, 11) is 0. The third-order valence-corrected chi connectivity index (χ3v) is 5.63. The van der Waals surface area contributed by atoms with Crippen LogP contribution < -0.4 is 11.2 Å². The van der Waals surface area contributed by atoms with Gasteiger partial charge in [0.1, 0.15) is 0 Å². The molecule has 1 heterocycles. The van der Waals surface area contributed by atoms with Gasteiger partial charge >= 0.3 is 0 Å². The van der Waals surface area contributed by atoms with Crippen LogP contribution in [0.4, 0.5) is 5.82 Å². The highest BCUT2D eigenvalue weighted by Crippen LogP contribution is 2.58. The molecule has 0 saturated heterocycles. The Morgan fingerprint density at radius 1 is 1.16 bits per heavy atom. The van der Waals surface area contributed by atoms with Crippen molar-refractivity contribution in [2.75, 3.05) is 5.73 Å². The van der Waals surface area contributed by atoms with E-state index in [2.05, 4.69) is 9.78 Å². The highest BCUT2D eigenvalue weighted by atomic mass is 16.1. The zero-order valence-corrected chi connectivity index (χ0v) is 11.4. The number of nitrogens with two attached hydrogens (primary N) is 1. The van der Waals surface area contributed by atoms with Crippen LogP contribution in [0, 0.1) is 30.6 Å². The van der Waals surface area contributed by atoms with Crippen molar-refractivity contribution in [1.82, 2.24) is 9.78 Å². The first kappa shape index (κ1) is 11.5. The molecule has 19 heavy (non-hydrogen) atoms. The fourth-order valence-electron chi connectivity index (χ4n) is 5.17. The fraction of sp³-hybridized carbons (Fsp3) is 0.733. The van der Waals surface area contributed by atoms with Gasteiger partial charge in [0.25, 0.3) is 0 Å². The van der Waals surface area contributed by atoms with E-state index in [0.29, 0.717) is 6.04 Å². The van der Waals surface area contributed by atoms with Crippen molar-refractivity contribution in [1.29, 1.82) is 0 Å². The van der Waals surface area contributed by atoms with E-state index in [0.717, 1.165) is 29.4 Å². The number of nitrogen functional groups attached to an aromatic ring is 1. The van der Waals surface area contributed by atoms with Gasteiger partial charge in [-0.1, -0.05) is 0 Å². The molecule has 4 heteroatoms. The second-order valence-electron chi connectivity index (χ2n) is 6.90. The normalized spacial score (nSPS) is 39.7. The lowest BCUT2D eigenvalue weighted by molar-refractivity contribution is -0.0348. The molecule has 4 aliphatic carbocycles. The Kier molecular flexibility index (Phi) is 2.32. The summed E-state index contributed by atoms with van der Waals surface area (Å²) < 4.78 is 2.07. The van der Waals surface area contributed by atoms with Gasteiger partial charge in [0.05, 0.1) is 6.04 Å². The summed E-state index contributed by atoms with van der Waals surface area (Å²) in [5, 5.41) is 4.40. The van der Waals surface area contributed by atoms with Gasteiger partial charge in [-0.3, -0.25) is 9.48 Å². The van der Waals surface area contributed by atoms with Gasteiger partial charge in [0, 0.05) is 11.8 Å². The monoisotopic (exact) mass is 259 g/mol. The third-order valence-electron chi connectivity index (χ3n) is 5.63. The van der Waals surface area contributed by atoms with Crippen LogP contribution >= 0.6 is 0 Å². The second-order valence-corrected chi connectivity index (χ2v) is 6.90. The van der Waals surface area contributed by atoms with Crippen molar-refractivity contribution >= 4 is 5.82 Å². The topological polar surface area (TPSA) is 60.9 Å². The maximum Gasteiger partial charge on any atom is 0.224 e. The maximum absolute atomic E-state index is 11.6. The summed E-state index contributed by atoms with van der Waals surface area (Å²) in [6, 6.07) is 2.13. The molecule has 4 fully saturated rings. The first-order chi connectivity index (χ1) is 9.11. The molecule has 0 amide bonds. The van der Waals surface area contributed by atoms with Crippen LogP contribution in [-0.4, -0.2) is 9.78 Å². The number of anilines is 1. The molecule has 4 aliphatic rings. The van der Waals surface area contributed by atoms with Crippen LogP contribution in [0.3, 0.4) is 0 Å². The summed E-state index contributed by atoms with van der Waals surface area (Å²) in [6.07, 6.45) is 6.86. The number of hydrogen-bond acceptors (Lipinski definition) is 3. The molecular weight excluding hydrogens is 238 g/mol. The Labute approximate surface area is 113 Å². The van der Waals surface area contributed by atoms with E-state index in [4.69, 9.17) is 5.73 Å². The summed E-state index contributed by atoms with van der Waals surface area (Å²) in [5.41, 5.74) is 6.57. The van der Waals surface area contributed by atoms with Crippen LogP contribution in [0.1, 0.15) is 43.8 Å². The first-order valence-corrected chi connectivity index (χ1v) is 7.47. The van der Waals surface area contributed by atoms with E-state index in [-0.39, 0.29) is 11.2 Å². The second kappa shape index (κ2) is 3.84. The average Bonchev–Trinajstić information content (AvgIpc) is 2.34. The average molecular weight is 259 g/mol. The van der Waals surface area contributed by atoms with E-state index in [1.807, 2.05) is 6.92 Å². The van der Waals surface area contributed by atoms with E-state index in [1.165, 1.54) is 32.1 Å². The molecule has 0 unspecified atom stereocenters. The molecular formula is C15H21N3O. The number of aryl methyl sites for hydroxylation is 1. The molecule has 2 N–H and O–H groups in total. The molecule has 0 spiro atoms. The van der Waals surface area contributed by atoms with E-state index in [9.17, 15) is 4.79 Å². The van der Waals surface area contributed by atoms with Crippen molar-refractivity contribution in [2.24, 2.45) is 23.7 Å². The number of rotatable bonds is 1. The molecule has 1 aromatic rings. The minimum atomic E-state index is -0.141. The van der Waals surface area contributed by atoms with E-state index >= 15 is 0 Å². The lowest BCUT2D eigenvalue weighted by Gasteiger charge is -2.54. The standard InChI is InChI=1S/C15H21N3O/c1-8-2-13(19)15(16)17-18(8)14-11-4-9-3-10(6-11)7-12(14)5-9/h2,9-12,14H,3-7H2,1H3,(H2,16,17). The van der Waals surface area contributed by atoms with E-state index < -0.39 is 0 Å². The smallest absolute Gasteiger partial charge is 0.224 e. The Morgan fingerprint density at radius 2 is 1.74 bits per heavy atom. The zero-order chi connectivity index (χ0) is 13.1. The lowest BCUT2D eigenvalue weighted by Crippen LogP contribution is -2.47. The number of nitrogens with zero attached hydrogens (tertiary/aromatic N) is 2. The van der Waals surface area contributed by atoms with Crippen LogP contribution in [0.5, 0.6) is 0 Å². The summed E-state index contributed by atoms with van der Waals surface area (Å²) >= 11 is 0. The predicted octanol–water partition coefficient (Wildman–Crippen LogP) is 2.13. The molecule has 4 nitrogen and oxygen atoms in total. The number of hydrogen-bond donors (Lipinski definition) is 1. The summed E-state index contributed by atoms with van der Waals surface area (Å²) in [5.74, 6) is 3.57. The highest BCUT2D eigenvalue weighted by Gasteiger charge is 2.49. The van der Waals surface area contributed by atoms with Crippen LogP contribution in [0.25, 0.3) is 0 Å². The van der Waals surface area contributed by atoms with Gasteiger partial charge in [0.15, 0.2) is 5.82 Å². The molecule has 4 saturated carbocycles. The van der Waals surface area contributed by atoms with Gasteiger partial charge in [0.2, 0.25) is 5.43 Å². The Balaban J connectivity index is 1.77. The molecule has 4 bridgehead atoms. The molecule has 1 aromatic heterocycles. The van der Waals surface area contributed by atoms with Crippen LogP contribution in [0.2, 0.25) is 0 Å². The minimum Gasteiger partial charge on any atom is -0.379 e. The zero-order valence-electron chi connectivity index (χ0n) is 11.4. The fourth-order valence-corrected chi connectivity index (χ4v) is 5.17. The van der Waals surface area contributed by atoms with Crippen molar-refractivity contribution in [3.63, 3.8) is 0 Å². The van der Waals surface area contributed by atoms with Crippen LogP contribution in [-0.2, 0) is 0 Å². The quantitative estimate of drug-likeness (QED) is 0.840. The molecule has 0 aliphatic heterocycles. The SMILES string of the molecule is Cc1cc(=O)c(N)nn1C1C2CC3CC(C2)CC1C3. The molecule has 0 radical (unpaired) electrons. The van der Waals surface area contributed by atoms with Crippen molar-refractivity contribution in [3.05, 3.63) is 22.0 Å². The molecule has 102 valence electrons. The minimum absolute atomic E-state index is 0.141. The summed E-state index contributed by atoms with van der Waals surface area (Å²) in [4.78, 5) is 11.6. The Hall–Kier alpha value is -1.32. The molecule has 5 rings (SSSR count). The Morgan fingerprint density at radius 3 is 2.32 bits per heavy atom. The summed E-state index contributed by atoms with van der Waals surface area (Å²) in [6.45, 7) is 1.99. The van der Waals surface area contributed by atoms with Crippen LogP contribution in [0.15, 0.2) is 10.9 Å². The van der Waals surface area contributed by atoms with Crippen molar-refractivity contribution in [3.8, 4) is 0 Å². The molecule has 0 atom stereocenters. The van der Waals surface area contributed by atoms with Gasteiger partial charge < -0.3 is 5.73 Å². The van der Waals surface area contributed by atoms with Crippen molar-refractivity contribution in [2.45, 2.75) is 45.1 Å². The maximum atomic E-state index is 11.6. The lowest BCUT2D eigenvalue weighted by atomic mass is 9.54. The third kappa shape index (κ3) is 1.65. The molecule has 0 aromatic carbocycles. The number of aromatic nitrogens is 2.